The van der Waals surface area contributed by atoms with Crippen LogP contribution in [0.5, 0.6) is 0 Å². The zero-order valence-electron chi connectivity index (χ0n) is 18.5. The van der Waals surface area contributed by atoms with E-state index in [1.54, 1.807) is 42.0 Å². The number of halogens is 2. The number of benzene rings is 3. The van der Waals surface area contributed by atoms with Gasteiger partial charge in [0.25, 0.3) is 5.91 Å². The lowest BCUT2D eigenvalue weighted by atomic mass is 9.86. The van der Waals surface area contributed by atoms with Crippen LogP contribution in [0.1, 0.15) is 10.4 Å². The molecule has 0 aliphatic heterocycles. The molecule has 0 radical (unpaired) electrons. The highest BCUT2D eigenvalue weighted by Gasteiger charge is 2.23. The average Bonchev–Trinajstić information content (AvgIpc) is 3.31. The molecular weight excluding hydrogens is 466 g/mol. The lowest BCUT2D eigenvalue weighted by molar-refractivity contribution is 0.0947. The minimum atomic E-state index is -0.348. The van der Waals surface area contributed by atoms with Gasteiger partial charge in [-0.25, -0.2) is 8.78 Å². The molecule has 2 aromatic heterocycles. The maximum absolute atomic E-state index is 13.8. The molecule has 0 bridgehead atoms. The maximum atomic E-state index is 13.8. The van der Waals surface area contributed by atoms with E-state index in [2.05, 4.69) is 10.3 Å². The van der Waals surface area contributed by atoms with Crippen molar-refractivity contribution in [2.75, 3.05) is 13.2 Å². The number of thiophene rings is 1. The van der Waals surface area contributed by atoms with Crippen molar-refractivity contribution in [3.05, 3.63) is 102 Å². The summed E-state index contributed by atoms with van der Waals surface area (Å²) >= 11 is 1.42. The fourth-order valence-electron chi connectivity index (χ4n) is 4.18. The van der Waals surface area contributed by atoms with Crippen LogP contribution in [-0.2, 0) is 0 Å². The Morgan fingerprint density at radius 3 is 2.09 bits per heavy atom. The normalized spacial score (nSPS) is 11.1. The van der Waals surface area contributed by atoms with Gasteiger partial charge in [0.1, 0.15) is 11.6 Å². The number of nitrogens with one attached hydrogen (secondary N) is 1. The number of rotatable bonds is 6. The minimum Gasteiger partial charge on any atom is -0.395 e. The molecular formula is C28H20F2N2O2S. The first kappa shape index (κ1) is 22.8. The van der Waals surface area contributed by atoms with Gasteiger partial charge in [0.05, 0.1) is 12.2 Å². The van der Waals surface area contributed by atoms with Crippen molar-refractivity contribution >= 4 is 27.3 Å². The van der Waals surface area contributed by atoms with Crippen molar-refractivity contribution in [3.63, 3.8) is 0 Å². The summed E-state index contributed by atoms with van der Waals surface area (Å²) in [6, 6.07) is 18.2. The summed E-state index contributed by atoms with van der Waals surface area (Å²) in [5, 5.41) is 14.4. The smallest absolute Gasteiger partial charge is 0.252 e. The summed E-state index contributed by atoms with van der Waals surface area (Å²) in [5.41, 5.74) is 5.46. The Hall–Kier alpha value is -3.94. The van der Waals surface area contributed by atoms with E-state index in [1.807, 2.05) is 18.2 Å². The summed E-state index contributed by atoms with van der Waals surface area (Å²) in [7, 11) is 0. The van der Waals surface area contributed by atoms with Gasteiger partial charge in [-0.05, 0) is 70.3 Å². The lowest BCUT2D eigenvalue weighted by Crippen LogP contribution is -2.26. The summed E-state index contributed by atoms with van der Waals surface area (Å²) in [6.45, 7) is -0.0252. The van der Waals surface area contributed by atoms with Gasteiger partial charge in [-0.15, -0.1) is 11.3 Å². The number of aromatic nitrogens is 1. The van der Waals surface area contributed by atoms with Gasteiger partial charge >= 0.3 is 0 Å². The molecule has 0 aliphatic carbocycles. The fourth-order valence-corrected chi connectivity index (χ4v) is 5.28. The Kier molecular flexibility index (Phi) is 6.35. The number of hydrogen-bond donors (Lipinski definition) is 2. The van der Waals surface area contributed by atoms with Crippen LogP contribution in [0.25, 0.3) is 43.5 Å². The number of pyridine rings is 1. The number of nitrogens with zero attached hydrogens (tertiary/aromatic N) is 1. The number of fused-ring (bicyclic) bond motifs is 1. The van der Waals surface area contributed by atoms with Crippen molar-refractivity contribution in [3.8, 4) is 33.4 Å². The monoisotopic (exact) mass is 486 g/mol. The van der Waals surface area contributed by atoms with Crippen LogP contribution in [0.2, 0.25) is 0 Å². The zero-order chi connectivity index (χ0) is 24.4. The van der Waals surface area contributed by atoms with E-state index < -0.39 is 0 Å². The van der Waals surface area contributed by atoms with Gasteiger partial charge in [-0.2, -0.15) is 0 Å². The lowest BCUT2D eigenvalue weighted by Gasteiger charge is -2.18. The first-order valence-electron chi connectivity index (χ1n) is 11.0. The van der Waals surface area contributed by atoms with Crippen molar-refractivity contribution < 1.29 is 18.7 Å². The Morgan fingerprint density at radius 1 is 0.857 bits per heavy atom. The largest absolute Gasteiger partial charge is 0.395 e. The molecule has 3 aromatic carbocycles. The van der Waals surface area contributed by atoms with Gasteiger partial charge in [0.15, 0.2) is 0 Å². The second-order valence-electron chi connectivity index (χ2n) is 7.93. The standard InChI is InChI=1S/C28H20F2N2O2S/c29-20-5-1-17(2-6-20)22-15-23-24(28(34)32-13-14-33)16-35-27(23)26(18-3-7-21(30)8-4-18)25(22)19-9-11-31-12-10-19/h1-12,15-16,33H,13-14H2,(H,32,34). The maximum Gasteiger partial charge on any atom is 0.252 e. The topological polar surface area (TPSA) is 62.2 Å². The molecule has 174 valence electrons. The molecule has 0 spiro atoms. The van der Waals surface area contributed by atoms with Crippen LogP contribution in [0.4, 0.5) is 8.78 Å². The molecule has 1 amide bonds. The van der Waals surface area contributed by atoms with Crippen molar-refractivity contribution in [2.45, 2.75) is 0 Å². The van der Waals surface area contributed by atoms with E-state index in [1.165, 1.54) is 35.6 Å². The van der Waals surface area contributed by atoms with Gasteiger partial charge in [-0.3, -0.25) is 9.78 Å². The minimum absolute atomic E-state index is 0.140. The van der Waals surface area contributed by atoms with E-state index in [4.69, 9.17) is 5.11 Å². The predicted molar refractivity (Wildman–Crippen MR) is 135 cm³/mol. The Balaban J connectivity index is 1.89. The first-order valence-corrected chi connectivity index (χ1v) is 11.8. The van der Waals surface area contributed by atoms with E-state index in [9.17, 15) is 13.6 Å². The second-order valence-corrected chi connectivity index (χ2v) is 8.81. The van der Waals surface area contributed by atoms with Crippen LogP contribution in [0.15, 0.2) is 84.5 Å². The van der Waals surface area contributed by atoms with Crippen LogP contribution in [0, 0.1) is 11.6 Å². The molecule has 0 fully saturated rings. The molecule has 5 rings (SSSR count). The second kappa shape index (κ2) is 9.74. The average molecular weight is 487 g/mol. The van der Waals surface area contributed by atoms with Gasteiger partial charge in [-0.1, -0.05) is 24.3 Å². The number of amides is 1. The molecule has 0 saturated heterocycles. The Bertz CT molecular complexity index is 1500. The third-order valence-corrected chi connectivity index (χ3v) is 6.78. The molecule has 2 heterocycles. The third-order valence-electron chi connectivity index (χ3n) is 5.76. The van der Waals surface area contributed by atoms with E-state index in [-0.39, 0.29) is 30.7 Å². The van der Waals surface area contributed by atoms with E-state index in [0.717, 1.165) is 43.5 Å². The van der Waals surface area contributed by atoms with Crippen molar-refractivity contribution in [2.24, 2.45) is 0 Å². The molecule has 5 aromatic rings. The molecule has 35 heavy (non-hydrogen) atoms. The number of hydrogen-bond acceptors (Lipinski definition) is 4. The molecule has 7 heteroatoms. The number of aliphatic hydroxyl groups is 1. The molecule has 2 N–H and O–H groups in total. The fraction of sp³-hybridized carbons (Fsp3) is 0.0714. The molecule has 4 nitrogen and oxygen atoms in total. The quantitative estimate of drug-likeness (QED) is 0.296. The zero-order valence-corrected chi connectivity index (χ0v) is 19.3. The van der Waals surface area contributed by atoms with Crippen molar-refractivity contribution in [1.29, 1.82) is 0 Å². The van der Waals surface area contributed by atoms with Crippen LogP contribution >= 0.6 is 11.3 Å². The van der Waals surface area contributed by atoms with Gasteiger partial charge in [0, 0.05) is 40.0 Å². The highest BCUT2D eigenvalue weighted by molar-refractivity contribution is 7.18. The Labute approximate surface area is 204 Å². The SMILES string of the molecule is O=C(NCCO)c1csc2c(-c3ccc(F)cc3)c(-c3ccncc3)c(-c3ccc(F)cc3)cc12. The predicted octanol–water partition coefficient (Wildman–Crippen LogP) is 6.30. The number of carbonyl (C=O) groups is 1. The van der Waals surface area contributed by atoms with Gasteiger partial charge < -0.3 is 10.4 Å². The van der Waals surface area contributed by atoms with Crippen molar-refractivity contribution in [1.82, 2.24) is 10.3 Å². The molecule has 0 saturated carbocycles. The number of carbonyl (C=O) groups excluding carboxylic acids is 1. The highest BCUT2D eigenvalue weighted by Crippen LogP contribution is 2.47. The Morgan fingerprint density at radius 2 is 1.46 bits per heavy atom. The van der Waals surface area contributed by atoms with E-state index >= 15 is 0 Å². The van der Waals surface area contributed by atoms with Crippen LogP contribution in [-0.4, -0.2) is 29.1 Å². The summed E-state index contributed by atoms with van der Waals surface area (Å²) in [4.78, 5) is 17.0. The van der Waals surface area contributed by atoms with Gasteiger partial charge in [0.2, 0.25) is 0 Å². The van der Waals surface area contributed by atoms with Crippen LogP contribution in [0.3, 0.4) is 0 Å². The number of aliphatic hydroxyl groups excluding tert-OH is 1. The third kappa shape index (κ3) is 4.43. The molecule has 0 atom stereocenters. The highest BCUT2D eigenvalue weighted by atomic mass is 32.1. The summed E-state index contributed by atoms with van der Waals surface area (Å²) in [5.74, 6) is -0.990. The first-order chi connectivity index (χ1) is 17.1. The summed E-state index contributed by atoms with van der Waals surface area (Å²) in [6.07, 6.45) is 3.40. The van der Waals surface area contributed by atoms with Crippen LogP contribution < -0.4 is 5.32 Å². The molecule has 0 unspecified atom stereocenters. The molecule has 0 aliphatic rings. The van der Waals surface area contributed by atoms with E-state index in [0.29, 0.717) is 5.56 Å². The summed E-state index contributed by atoms with van der Waals surface area (Å²) < 4.78 is 28.5.